The minimum atomic E-state index is -2.64. The van der Waals surface area contributed by atoms with Crippen molar-refractivity contribution in [2.24, 2.45) is 0 Å². The standard InChI is InChI=1S/C17H14ClF2NO3S/c18-11-3-1-4-12(15(11)25-17(19)20)21-16(22)10-5-6-13-14(9-10)24-8-2-7-23-13/h1,3-6,9,17H,2,7-8H2,(H,21,22). The second-order valence-corrected chi connectivity index (χ2v) is 6.57. The molecule has 2 aromatic rings. The Morgan fingerprint density at radius 1 is 1.16 bits per heavy atom. The number of halogens is 3. The molecule has 25 heavy (non-hydrogen) atoms. The topological polar surface area (TPSA) is 47.6 Å². The average molecular weight is 386 g/mol. The molecule has 0 bridgehead atoms. The molecule has 0 radical (unpaired) electrons. The Hall–Kier alpha value is -1.99. The molecular weight excluding hydrogens is 372 g/mol. The molecule has 0 aliphatic carbocycles. The SMILES string of the molecule is O=C(Nc1cccc(Cl)c1SC(F)F)c1ccc2c(c1)OCCCO2. The Kier molecular flexibility index (Phi) is 5.65. The molecule has 0 fully saturated rings. The molecule has 0 aromatic heterocycles. The van der Waals surface area contributed by atoms with Gasteiger partial charge in [0.05, 0.1) is 28.8 Å². The van der Waals surface area contributed by atoms with E-state index in [2.05, 4.69) is 5.32 Å². The Balaban J connectivity index is 1.83. The number of anilines is 1. The first-order valence-corrected chi connectivity index (χ1v) is 8.74. The fourth-order valence-electron chi connectivity index (χ4n) is 2.32. The molecule has 0 unspecified atom stereocenters. The number of amides is 1. The highest BCUT2D eigenvalue weighted by Gasteiger charge is 2.18. The Bertz CT molecular complexity index is 788. The number of alkyl halides is 2. The van der Waals surface area contributed by atoms with Crippen molar-refractivity contribution in [1.82, 2.24) is 0 Å². The third-order valence-electron chi connectivity index (χ3n) is 3.43. The lowest BCUT2D eigenvalue weighted by molar-refractivity contribution is 0.102. The second-order valence-electron chi connectivity index (χ2n) is 5.16. The van der Waals surface area contributed by atoms with Crippen molar-refractivity contribution in [3.63, 3.8) is 0 Å². The maximum absolute atomic E-state index is 12.7. The highest BCUT2D eigenvalue weighted by molar-refractivity contribution is 7.99. The monoisotopic (exact) mass is 385 g/mol. The molecular formula is C17H14ClF2NO3S. The van der Waals surface area contributed by atoms with Crippen LogP contribution >= 0.6 is 23.4 Å². The van der Waals surface area contributed by atoms with E-state index in [9.17, 15) is 13.6 Å². The lowest BCUT2D eigenvalue weighted by atomic mass is 10.2. The van der Waals surface area contributed by atoms with Crippen molar-refractivity contribution in [3.05, 3.63) is 47.0 Å². The summed E-state index contributed by atoms with van der Waals surface area (Å²) < 4.78 is 36.5. The zero-order valence-corrected chi connectivity index (χ0v) is 14.5. The van der Waals surface area contributed by atoms with Gasteiger partial charge in [-0.3, -0.25) is 4.79 Å². The Morgan fingerprint density at radius 3 is 2.68 bits per heavy atom. The van der Waals surface area contributed by atoms with E-state index >= 15 is 0 Å². The highest BCUT2D eigenvalue weighted by atomic mass is 35.5. The fraction of sp³-hybridized carbons (Fsp3) is 0.235. The van der Waals surface area contributed by atoms with Crippen LogP contribution in [0.4, 0.5) is 14.5 Å². The number of carbonyl (C=O) groups is 1. The summed E-state index contributed by atoms with van der Waals surface area (Å²) >= 11 is 6.26. The molecule has 4 nitrogen and oxygen atoms in total. The molecule has 8 heteroatoms. The predicted octanol–water partition coefficient (Wildman–Crippen LogP) is 5.07. The summed E-state index contributed by atoms with van der Waals surface area (Å²) in [5, 5.41) is 2.78. The predicted molar refractivity (Wildman–Crippen MR) is 93.3 cm³/mol. The van der Waals surface area contributed by atoms with Crippen molar-refractivity contribution in [3.8, 4) is 11.5 Å². The van der Waals surface area contributed by atoms with E-state index < -0.39 is 11.7 Å². The van der Waals surface area contributed by atoms with Crippen molar-refractivity contribution in [2.75, 3.05) is 18.5 Å². The van der Waals surface area contributed by atoms with Crippen LogP contribution in [0.25, 0.3) is 0 Å². The molecule has 3 rings (SSSR count). The van der Waals surface area contributed by atoms with Crippen LogP contribution in [0, 0.1) is 0 Å². The van der Waals surface area contributed by atoms with E-state index in [4.69, 9.17) is 21.1 Å². The Morgan fingerprint density at radius 2 is 1.92 bits per heavy atom. The summed E-state index contributed by atoms with van der Waals surface area (Å²) in [5.74, 6) is -2.04. The van der Waals surface area contributed by atoms with E-state index in [0.717, 1.165) is 6.42 Å². The van der Waals surface area contributed by atoms with Gasteiger partial charge in [-0.2, -0.15) is 8.78 Å². The largest absolute Gasteiger partial charge is 0.490 e. The molecule has 2 aromatic carbocycles. The molecule has 0 atom stereocenters. The van der Waals surface area contributed by atoms with Crippen LogP contribution in [0.1, 0.15) is 16.8 Å². The molecule has 1 N–H and O–H groups in total. The van der Waals surface area contributed by atoms with Crippen LogP contribution < -0.4 is 14.8 Å². The summed E-state index contributed by atoms with van der Waals surface area (Å²) in [6, 6.07) is 9.42. The number of carbonyl (C=O) groups excluding carboxylic acids is 1. The van der Waals surface area contributed by atoms with Gasteiger partial charge in [-0.1, -0.05) is 29.4 Å². The first kappa shape index (κ1) is 17.8. The number of ether oxygens (including phenoxy) is 2. The van der Waals surface area contributed by atoms with E-state index in [1.54, 1.807) is 24.3 Å². The lowest BCUT2D eigenvalue weighted by Gasteiger charge is -2.13. The van der Waals surface area contributed by atoms with E-state index in [0.29, 0.717) is 30.3 Å². The van der Waals surface area contributed by atoms with Crippen molar-refractivity contribution in [1.29, 1.82) is 0 Å². The van der Waals surface area contributed by atoms with Crippen LogP contribution in [0.2, 0.25) is 5.02 Å². The van der Waals surface area contributed by atoms with Gasteiger partial charge in [0, 0.05) is 12.0 Å². The van der Waals surface area contributed by atoms with Gasteiger partial charge in [-0.15, -0.1) is 0 Å². The lowest BCUT2D eigenvalue weighted by Crippen LogP contribution is -2.13. The molecule has 0 saturated heterocycles. The van der Waals surface area contributed by atoms with Crippen LogP contribution in [-0.2, 0) is 0 Å². The minimum absolute atomic E-state index is 0.127. The minimum Gasteiger partial charge on any atom is -0.490 e. The zero-order valence-electron chi connectivity index (χ0n) is 12.9. The van der Waals surface area contributed by atoms with Crippen LogP contribution in [-0.4, -0.2) is 24.9 Å². The second kappa shape index (κ2) is 7.93. The van der Waals surface area contributed by atoms with Gasteiger partial charge in [-0.25, -0.2) is 0 Å². The summed E-state index contributed by atoms with van der Waals surface area (Å²) in [4.78, 5) is 12.6. The van der Waals surface area contributed by atoms with Gasteiger partial charge in [0.15, 0.2) is 11.5 Å². The molecule has 132 valence electrons. The molecule has 0 spiro atoms. The smallest absolute Gasteiger partial charge is 0.289 e. The van der Waals surface area contributed by atoms with E-state index in [-0.39, 0.29) is 27.4 Å². The van der Waals surface area contributed by atoms with Gasteiger partial charge < -0.3 is 14.8 Å². The van der Waals surface area contributed by atoms with Crippen molar-refractivity contribution in [2.45, 2.75) is 17.1 Å². The van der Waals surface area contributed by atoms with Gasteiger partial charge in [0.2, 0.25) is 0 Å². The maximum atomic E-state index is 12.7. The summed E-state index contributed by atoms with van der Waals surface area (Å²) in [6.07, 6.45) is 0.757. The Labute approximate surface area is 152 Å². The number of fused-ring (bicyclic) bond motifs is 1. The van der Waals surface area contributed by atoms with Gasteiger partial charge in [0.25, 0.3) is 11.7 Å². The summed E-state index contributed by atoms with van der Waals surface area (Å²) in [6.45, 7) is 1.05. The third-order valence-corrected chi connectivity index (χ3v) is 4.71. The summed E-state index contributed by atoms with van der Waals surface area (Å²) in [5.41, 5.74) is 0.562. The van der Waals surface area contributed by atoms with Crippen LogP contribution in [0.5, 0.6) is 11.5 Å². The van der Waals surface area contributed by atoms with Crippen molar-refractivity contribution < 1.29 is 23.0 Å². The first-order valence-electron chi connectivity index (χ1n) is 7.49. The molecule has 1 heterocycles. The van der Waals surface area contributed by atoms with Crippen LogP contribution in [0.15, 0.2) is 41.3 Å². The highest BCUT2D eigenvalue weighted by Crippen LogP contribution is 2.38. The van der Waals surface area contributed by atoms with Gasteiger partial charge in [-0.05, 0) is 30.3 Å². The number of rotatable bonds is 4. The van der Waals surface area contributed by atoms with Crippen LogP contribution in [0.3, 0.4) is 0 Å². The maximum Gasteiger partial charge on any atom is 0.289 e. The normalized spacial score (nSPS) is 13.4. The average Bonchev–Trinajstić information content (AvgIpc) is 2.82. The van der Waals surface area contributed by atoms with Gasteiger partial charge >= 0.3 is 0 Å². The third kappa shape index (κ3) is 4.35. The summed E-state index contributed by atoms with van der Waals surface area (Å²) in [7, 11) is 0. The number of hydrogen-bond donors (Lipinski definition) is 1. The quantitative estimate of drug-likeness (QED) is 0.746. The number of nitrogens with one attached hydrogen (secondary N) is 1. The zero-order chi connectivity index (χ0) is 17.8. The number of thioether (sulfide) groups is 1. The number of benzene rings is 2. The molecule has 1 amide bonds. The molecule has 0 saturated carbocycles. The van der Waals surface area contributed by atoms with Crippen molar-refractivity contribution >= 4 is 35.0 Å². The molecule has 1 aliphatic rings. The first-order chi connectivity index (χ1) is 12.0. The fourth-order valence-corrected chi connectivity index (χ4v) is 3.23. The van der Waals surface area contributed by atoms with E-state index in [1.807, 2.05) is 0 Å². The van der Waals surface area contributed by atoms with E-state index in [1.165, 1.54) is 12.1 Å². The molecule has 1 aliphatic heterocycles. The van der Waals surface area contributed by atoms with Gasteiger partial charge in [0.1, 0.15) is 0 Å². The number of hydrogen-bond acceptors (Lipinski definition) is 4.